The van der Waals surface area contributed by atoms with Gasteiger partial charge in [-0.05, 0) is 0 Å². The molecule has 0 aromatic rings. The Morgan fingerprint density at radius 2 is 1.62 bits per heavy atom. The summed E-state index contributed by atoms with van der Waals surface area (Å²) in [6.07, 6.45) is 0. The van der Waals surface area contributed by atoms with Crippen molar-refractivity contribution in [3.8, 4) is 0 Å². The molecule has 0 spiro atoms. The maximum absolute atomic E-state index is 11.8. The summed E-state index contributed by atoms with van der Waals surface area (Å²) in [6, 6.07) is 0. The zero-order valence-electron chi connectivity index (χ0n) is 7.06. The molecule has 3 nitrogen and oxygen atoms in total. The van der Waals surface area contributed by atoms with Gasteiger partial charge in [0.25, 0.3) is 0 Å². The Kier molecular flexibility index (Phi) is 4.94. The number of rotatable bonds is 4. The van der Waals surface area contributed by atoms with Crippen molar-refractivity contribution in [2.45, 2.75) is 19.4 Å². The molecule has 0 rings (SSSR count). The first-order valence-electron chi connectivity index (χ1n) is 3.37. The van der Waals surface area contributed by atoms with Gasteiger partial charge in [0.2, 0.25) is 0 Å². The van der Waals surface area contributed by atoms with Crippen LogP contribution >= 0.6 is 20.2 Å². The van der Waals surface area contributed by atoms with Gasteiger partial charge in [-0.2, -0.15) is 0 Å². The number of halogens is 4. The predicted octanol–water partition coefficient (Wildman–Crippen LogP) is 2.31. The van der Waals surface area contributed by atoms with Crippen molar-refractivity contribution >= 4 is 30.4 Å². The fraction of sp³-hybridized carbons (Fsp3) is 1.00. The molecule has 0 saturated carbocycles. The molecule has 0 aliphatic heterocycles. The van der Waals surface area contributed by atoms with Crippen LogP contribution in [0.1, 0.15) is 13.8 Å². The molecule has 13 heavy (non-hydrogen) atoms. The van der Waals surface area contributed by atoms with Gasteiger partial charge in [0, 0.05) is 0 Å². The van der Waals surface area contributed by atoms with Crippen molar-refractivity contribution < 1.29 is 24.1 Å². The van der Waals surface area contributed by atoms with Crippen molar-refractivity contribution in [1.82, 2.24) is 0 Å². The minimum absolute atomic E-state index is 0.385. The van der Waals surface area contributed by atoms with E-state index in [0.717, 1.165) is 0 Å². The van der Waals surface area contributed by atoms with E-state index in [1.807, 2.05) is 0 Å². The summed E-state index contributed by atoms with van der Waals surface area (Å²) in [5, 5.41) is 0. The van der Waals surface area contributed by atoms with Crippen LogP contribution in [0.4, 0.5) is 13.2 Å². The minimum atomic E-state index is -5.35. The van der Waals surface area contributed by atoms with Gasteiger partial charge in [-0.15, -0.1) is 0 Å². The molecule has 0 heterocycles. The summed E-state index contributed by atoms with van der Waals surface area (Å²) in [7, 11) is -5.35. The van der Waals surface area contributed by atoms with E-state index in [4.69, 9.17) is 0 Å². The van der Waals surface area contributed by atoms with Crippen LogP contribution in [0, 0.1) is 0 Å². The van der Waals surface area contributed by atoms with Crippen LogP contribution in [-0.4, -0.2) is 22.8 Å². The second-order valence-electron chi connectivity index (χ2n) is 1.90. The van der Waals surface area contributed by atoms with Gasteiger partial charge in [0.05, 0.1) is 0 Å². The van der Waals surface area contributed by atoms with Crippen molar-refractivity contribution in [3.63, 3.8) is 0 Å². The Bertz CT molecular complexity index is 244. The zero-order chi connectivity index (χ0) is 10.7. The monoisotopic (exact) mass is 334 g/mol. The molecule has 0 fully saturated rings. The first-order valence-corrected chi connectivity index (χ1v) is 8.71. The summed E-state index contributed by atoms with van der Waals surface area (Å²) in [6.45, 7) is 3.25. The molecule has 8 heteroatoms. The van der Waals surface area contributed by atoms with Gasteiger partial charge < -0.3 is 0 Å². The van der Waals surface area contributed by atoms with E-state index in [1.165, 1.54) is 0 Å². The number of hydrogen-bond donors (Lipinski definition) is 0. The quantitative estimate of drug-likeness (QED) is 0.450. The standard InChI is InChI=1S/C5H10F3IO3S/c1-3-9(4-2)12-13(10,11)5(6,7)8/h3-4H2,1-2H3. The Balaban J connectivity index is 4.52. The van der Waals surface area contributed by atoms with E-state index in [0.29, 0.717) is 8.86 Å². The molecule has 0 aromatic carbocycles. The molecule has 0 N–H and O–H groups in total. The van der Waals surface area contributed by atoms with Crippen molar-refractivity contribution in [1.29, 1.82) is 0 Å². The molecule has 0 saturated heterocycles. The zero-order valence-corrected chi connectivity index (χ0v) is 10.0. The summed E-state index contributed by atoms with van der Waals surface area (Å²) < 4.78 is 61.2. The van der Waals surface area contributed by atoms with E-state index in [9.17, 15) is 21.6 Å². The molecule has 0 aromatic heterocycles. The Labute approximate surface area is 82.7 Å². The van der Waals surface area contributed by atoms with E-state index < -0.39 is 35.9 Å². The molecule has 0 aliphatic rings. The summed E-state index contributed by atoms with van der Waals surface area (Å²) in [4.78, 5) is 0. The van der Waals surface area contributed by atoms with Crippen LogP contribution in [0.15, 0.2) is 0 Å². The molecule has 0 bridgehead atoms. The van der Waals surface area contributed by atoms with E-state index in [1.54, 1.807) is 13.8 Å². The summed E-state index contributed by atoms with van der Waals surface area (Å²) in [5.74, 6) is 0. The molecular weight excluding hydrogens is 324 g/mol. The van der Waals surface area contributed by atoms with Crippen molar-refractivity contribution in [2.24, 2.45) is 0 Å². The average molecular weight is 334 g/mol. The van der Waals surface area contributed by atoms with E-state index in [-0.39, 0.29) is 0 Å². The topological polar surface area (TPSA) is 43.4 Å². The van der Waals surface area contributed by atoms with Crippen LogP contribution in [0.5, 0.6) is 0 Å². The fourth-order valence-corrected chi connectivity index (χ4v) is 6.14. The normalized spacial score (nSPS) is 14.4. The molecule has 82 valence electrons. The van der Waals surface area contributed by atoms with Gasteiger partial charge in [-0.1, -0.05) is 0 Å². The van der Waals surface area contributed by atoms with Crippen LogP contribution in [-0.2, 0) is 12.6 Å². The first kappa shape index (κ1) is 13.4. The molecule has 0 unspecified atom stereocenters. The SMILES string of the molecule is CCI(CC)OS(=O)(=O)C(F)(F)F. The Hall–Kier alpha value is 0.430. The van der Waals surface area contributed by atoms with Crippen molar-refractivity contribution in [3.05, 3.63) is 0 Å². The molecule has 0 atom stereocenters. The number of alkyl halides is 5. The fourth-order valence-electron chi connectivity index (χ4n) is 0.431. The van der Waals surface area contributed by atoms with E-state index >= 15 is 0 Å². The predicted molar refractivity (Wildman–Crippen MR) is 51.2 cm³/mol. The third-order valence-electron chi connectivity index (χ3n) is 1.05. The first-order chi connectivity index (χ1) is 5.74. The average Bonchev–Trinajstić information content (AvgIpc) is 1.98. The third-order valence-corrected chi connectivity index (χ3v) is 8.31. The summed E-state index contributed by atoms with van der Waals surface area (Å²) >= 11 is -2.39. The maximum atomic E-state index is 11.8. The van der Waals surface area contributed by atoms with Gasteiger partial charge in [0.15, 0.2) is 0 Å². The number of hydrogen-bond acceptors (Lipinski definition) is 3. The second kappa shape index (κ2) is 4.78. The van der Waals surface area contributed by atoms with Crippen LogP contribution in [0.2, 0.25) is 0 Å². The Morgan fingerprint density at radius 3 is 1.85 bits per heavy atom. The Morgan fingerprint density at radius 1 is 1.23 bits per heavy atom. The van der Waals surface area contributed by atoms with Gasteiger partial charge >= 0.3 is 82.7 Å². The van der Waals surface area contributed by atoms with E-state index in [2.05, 4.69) is 2.51 Å². The van der Waals surface area contributed by atoms with Crippen LogP contribution in [0.25, 0.3) is 0 Å². The molecule has 0 radical (unpaired) electrons. The van der Waals surface area contributed by atoms with Crippen molar-refractivity contribution in [2.75, 3.05) is 8.86 Å². The van der Waals surface area contributed by atoms with Gasteiger partial charge in [-0.3, -0.25) is 0 Å². The third kappa shape index (κ3) is 3.98. The summed E-state index contributed by atoms with van der Waals surface area (Å²) in [5.41, 5.74) is -5.28. The van der Waals surface area contributed by atoms with Gasteiger partial charge in [0.1, 0.15) is 0 Å². The van der Waals surface area contributed by atoms with Crippen LogP contribution < -0.4 is 0 Å². The molecule has 0 amide bonds. The second-order valence-corrected chi connectivity index (χ2v) is 9.86. The molecular formula is C5H10F3IO3S. The van der Waals surface area contributed by atoms with Crippen LogP contribution in [0.3, 0.4) is 0 Å². The molecule has 0 aliphatic carbocycles. The van der Waals surface area contributed by atoms with Gasteiger partial charge in [-0.25, -0.2) is 0 Å².